The minimum absolute atomic E-state index is 0.163. The zero-order chi connectivity index (χ0) is 14.1. The van der Waals surface area contributed by atoms with Crippen molar-refractivity contribution in [2.45, 2.75) is 32.0 Å². The first-order chi connectivity index (χ1) is 9.21. The molecule has 4 nitrogen and oxygen atoms in total. The van der Waals surface area contributed by atoms with E-state index in [-0.39, 0.29) is 12.3 Å². The van der Waals surface area contributed by atoms with Gasteiger partial charge in [0.1, 0.15) is 0 Å². The zero-order valence-corrected chi connectivity index (χ0v) is 11.8. The second-order valence-electron chi connectivity index (χ2n) is 4.30. The molecule has 0 spiro atoms. The van der Waals surface area contributed by atoms with Gasteiger partial charge in [-0.3, -0.25) is 4.79 Å². The Hall–Kier alpha value is -1.39. The molecule has 0 bridgehead atoms. The summed E-state index contributed by atoms with van der Waals surface area (Å²) < 4.78 is 15.1. The quantitative estimate of drug-likeness (QED) is 0.535. The van der Waals surface area contributed by atoms with Gasteiger partial charge in [0, 0.05) is 27.1 Å². The highest BCUT2D eigenvalue weighted by Gasteiger charge is 2.10. The van der Waals surface area contributed by atoms with E-state index in [4.69, 9.17) is 9.47 Å². The Labute approximate surface area is 114 Å². The lowest BCUT2D eigenvalue weighted by molar-refractivity contribution is -0.140. The molecule has 0 saturated carbocycles. The number of benzene rings is 1. The lowest BCUT2D eigenvalue weighted by Gasteiger charge is -2.16. The fraction of sp³-hybridized carbons (Fsp3) is 0.533. The van der Waals surface area contributed by atoms with E-state index < -0.39 is 0 Å². The summed E-state index contributed by atoms with van der Waals surface area (Å²) in [5.41, 5.74) is 2.42. The fourth-order valence-corrected chi connectivity index (χ4v) is 1.97. The number of carbonyl (C=O) groups excluding carboxylic acids is 1. The van der Waals surface area contributed by atoms with E-state index in [0.29, 0.717) is 12.8 Å². The molecule has 0 unspecified atom stereocenters. The van der Waals surface area contributed by atoms with Gasteiger partial charge in [0.25, 0.3) is 0 Å². The number of rotatable bonds is 8. The molecule has 0 heterocycles. The van der Waals surface area contributed by atoms with Gasteiger partial charge in [0.2, 0.25) is 0 Å². The Bertz CT molecular complexity index is 385. The molecule has 4 heteroatoms. The lowest BCUT2D eigenvalue weighted by atomic mass is 9.99. The SMILES string of the molecule is COC(=O)CCCc1ccccc1CC(OC)OC. The van der Waals surface area contributed by atoms with Crippen LogP contribution in [0.3, 0.4) is 0 Å². The number of hydrogen-bond acceptors (Lipinski definition) is 4. The van der Waals surface area contributed by atoms with Crippen LogP contribution in [0.25, 0.3) is 0 Å². The van der Waals surface area contributed by atoms with Crippen LogP contribution >= 0.6 is 0 Å². The Balaban J connectivity index is 2.59. The van der Waals surface area contributed by atoms with E-state index in [0.717, 1.165) is 12.8 Å². The highest BCUT2D eigenvalue weighted by molar-refractivity contribution is 5.69. The molecular weight excluding hydrogens is 244 g/mol. The minimum atomic E-state index is -0.234. The molecule has 0 fully saturated rings. The van der Waals surface area contributed by atoms with Crippen molar-refractivity contribution in [1.82, 2.24) is 0 Å². The molecule has 1 aromatic rings. The molecule has 0 N–H and O–H groups in total. The number of carbonyl (C=O) groups is 1. The molecular formula is C15H22O4. The second kappa shape index (κ2) is 8.67. The Morgan fingerprint density at radius 2 is 1.74 bits per heavy atom. The summed E-state index contributed by atoms with van der Waals surface area (Å²) in [4.78, 5) is 11.1. The molecule has 1 rings (SSSR count). The third kappa shape index (κ3) is 5.41. The molecule has 0 aliphatic heterocycles. The number of ether oxygens (including phenoxy) is 3. The average Bonchev–Trinajstić information content (AvgIpc) is 2.45. The third-order valence-electron chi connectivity index (χ3n) is 3.09. The Morgan fingerprint density at radius 3 is 2.32 bits per heavy atom. The van der Waals surface area contributed by atoms with Gasteiger partial charge < -0.3 is 14.2 Å². The summed E-state index contributed by atoms with van der Waals surface area (Å²) in [6.45, 7) is 0. The van der Waals surface area contributed by atoms with Crippen molar-refractivity contribution in [3.05, 3.63) is 35.4 Å². The van der Waals surface area contributed by atoms with Crippen molar-refractivity contribution in [3.8, 4) is 0 Å². The molecule has 0 aliphatic carbocycles. The molecule has 0 aromatic heterocycles. The normalized spacial score (nSPS) is 10.7. The molecule has 0 saturated heterocycles. The van der Waals surface area contributed by atoms with Crippen LogP contribution < -0.4 is 0 Å². The monoisotopic (exact) mass is 266 g/mol. The van der Waals surface area contributed by atoms with Crippen molar-refractivity contribution >= 4 is 5.97 Å². The van der Waals surface area contributed by atoms with Crippen LogP contribution in [0.15, 0.2) is 24.3 Å². The van der Waals surface area contributed by atoms with E-state index in [9.17, 15) is 4.79 Å². The van der Waals surface area contributed by atoms with E-state index in [1.165, 1.54) is 18.2 Å². The lowest BCUT2D eigenvalue weighted by Crippen LogP contribution is -2.17. The minimum Gasteiger partial charge on any atom is -0.469 e. The first-order valence-electron chi connectivity index (χ1n) is 6.40. The second-order valence-corrected chi connectivity index (χ2v) is 4.30. The van der Waals surface area contributed by atoms with Gasteiger partial charge in [-0.25, -0.2) is 0 Å². The van der Waals surface area contributed by atoms with E-state index in [2.05, 4.69) is 16.9 Å². The highest BCUT2D eigenvalue weighted by Crippen LogP contribution is 2.15. The van der Waals surface area contributed by atoms with Gasteiger partial charge in [-0.15, -0.1) is 0 Å². The molecule has 1 aromatic carbocycles. The number of methoxy groups -OCH3 is 3. The maximum absolute atomic E-state index is 11.1. The summed E-state index contributed by atoms with van der Waals surface area (Å²) in [7, 11) is 4.68. The predicted molar refractivity (Wildman–Crippen MR) is 72.9 cm³/mol. The van der Waals surface area contributed by atoms with Gasteiger partial charge >= 0.3 is 5.97 Å². The predicted octanol–water partition coefficient (Wildman–Crippen LogP) is 2.34. The number of aryl methyl sites for hydroxylation is 1. The molecule has 19 heavy (non-hydrogen) atoms. The van der Waals surface area contributed by atoms with Crippen LogP contribution in [0.4, 0.5) is 0 Å². The van der Waals surface area contributed by atoms with Crippen molar-refractivity contribution < 1.29 is 19.0 Å². The summed E-state index contributed by atoms with van der Waals surface area (Å²) in [5.74, 6) is -0.163. The van der Waals surface area contributed by atoms with Crippen molar-refractivity contribution in [1.29, 1.82) is 0 Å². The Kier molecular flexibility index (Phi) is 7.15. The van der Waals surface area contributed by atoms with E-state index >= 15 is 0 Å². The van der Waals surface area contributed by atoms with Crippen LogP contribution in [0.5, 0.6) is 0 Å². The summed E-state index contributed by atoms with van der Waals surface area (Å²) in [6, 6.07) is 8.15. The van der Waals surface area contributed by atoms with E-state index in [1.54, 1.807) is 14.2 Å². The molecule has 106 valence electrons. The van der Waals surface area contributed by atoms with Gasteiger partial charge in [-0.2, -0.15) is 0 Å². The molecule has 0 aliphatic rings. The number of esters is 1. The first kappa shape index (κ1) is 15.7. The van der Waals surface area contributed by atoms with Crippen molar-refractivity contribution in [2.24, 2.45) is 0 Å². The zero-order valence-electron chi connectivity index (χ0n) is 11.8. The first-order valence-corrected chi connectivity index (χ1v) is 6.40. The van der Waals surface area contributed by atoms with Crippen molar-refractivity contribution in [3.63, 3.8) is 0 Å². The summed E-state index contributed by atoms with van der Waals surface area (Å²) >= 11 is 0. The van der Waals surface area contributed by atoms with E-state index in [1.807, 2.05) is 12.1 Å². The maximum atomic E-state index is 11.1. The third-order valence-corrected chi connectivity index (χ3v) is 3.09. The van der Waals surface area contributed by atoms with Gasteiger partial charge in [-0.1, -0.05) is 24.3 Å². The average molecular weight is 266 g/mol. The maximum Gasteiger partial charge on any atom is 0.305 e. The van der Waals surface area contributed by atoms with Crippen molar-refractivity contribution in [2.75, 3.05) is 21.3 Å². The van der Waals surface area contributed by atoms with Crippen LogP contribution in [0, 0.1) is 0 Å². The summed E-state index contributed by atoms with van der Waals surface area (Å²) in [5, 5.41) is 0. The van der Waals surface area contributed by atoms with Crippen LogP contribution in [-0.4, -0.2) is 33.6 Å². The van der Waals surface area contributed by atoms with Crippen LogP contribution in [0.1, 0.15) is 24.0 Å². The van der Waals surface area contributed by atoms with Gasteiger partial charge in [0.15, 0.2) is 6.29 Å². The molecule has 0 atom stereocenters. The fourth-order valence-electron chi connectivity index (χ4n) is 1.97. The topological polar surface area (TPSA) is 44.8 Å². The molecule has 0 amide bonds. The van der Waals surface area contributed by atoms with Gasteiger partial charge in [0.05, 0.1) is 7.11 Å². The highest BCUT2D eigenvalue weighted by atomic mass is 16.7. The smallest absolute Gasteiger partial charge is 0.305 e. The Morgan fingerprint density at radius 1 is 1.11 bits per heavy atom. The largest absolute Gasteiger partial charge is 0.469 e. The standard InChI is InChI=1S/C15H22O4/c1-17-14(16)10-6-9-12-7-4-5-8-13(12)11-15(18-2)19-3/h4-5,7-8,15H,6,9-11H2,1-3H3. The van der Waals surface area contributed by atoms with Crippen LogP contribution in [0.2, 0.25) is 0 Å². The number of hydrogen-bond donors (Lipinski definition) is 0. The summed E-state index contributed by atoms with van der Waals surface area (Å²) in [6.07, 6.45) is 2.56. The van der Waals surface area contributed by atoms with Crippen LogP contribution in [-0.2, 0) is 31.8 Å². The molecule has 0 radical (unpaired) electrons. The van der Waals surface area contributed by atoms with Gasteiger partial charge in [-0.05, 0) is 24.0 Å².